The van der Waals surface area contributed by atoms with Crippen LogP contribution in [-0.4, -0.2) is 34.5 Å². The van der Waals surface area contributed by atoms with Gasteiger partial charge in [0, 0.05) is 11.6 Å². The van der Waals surface area contributed by atoms with Crippen molar-refractivity contribution in [1.82, 2.24) is 9.78 Å². The standard InChI is InChI=1S/C17H17N3O3S/c1-23-13-5-2-4-12(10-13)17(22)18-16-11-14(15-6-3-9-24-15)19-20(16)7-8-21/h2-6,9-11,21H,7-8H2,1H3,(H,18,22). The summed E-state index contributed by atoms with van der Waals surface area (Å²) in [5, 5.41) is 18.5. The van der Waals surface area contributed by atoms with Gasteiger partial charge in [0.15, 0.2) is 0 Å². The summed E-state index contributed by atoms with van der Waals surface area (Å²) >= 11 is 1.57. The molecule has 3 rings (SSSR count). The van der Waals surface area contributed by atoms with Gasteiger partial charge in [-0.05, 0) is 29.6 Å². The average Bonchev–Trinajstić information content (AvgIpc) is 3.25. The zero-order valence-electron chi connectivity index (χ0n) is 13.1. The molecule has 0 aliphatic heterocycles. The summed E-state index contributed by atoms with van der Waals surface area (Å²) in [6.07, 6.45) is 0. The SMILES string of the molecule is COc1cccc(C(=O)Nc2cc(-c3cccs3)nn2CCO)c1. The number of nitrogens with zero attached hydrogens (tertiary/aromatic N) is 2. The second-order valence-corrected chi connectivity index (χ2v) is 5.97. The number of ether oxygens (including phenoxy) is 1. The van der Waals surface area contributed by atoms with Crippen LogP contribution < -0.4 is 10.1 Å². The van der Waals surface area contributed by atoms with Crippen molar-refractivity contribution in [2.45, 2.75) is 6.54 Å². The monoisotopic (exact) mass is 343 g/mol. The molecule has 1 amide bonds. The minimum absolute atomic E-state index is 0.0619. The third-order valence-corrected chi connectivity index (χ3v) is 4.33. The number of anilines is 1. The lowest BCUT2D eigenvalue weighted by Crippen LogP contribution is -2.16. The fraction of sp³-hybridized carbons (Fsp3) is 0.176. The Morgan fingerprint density at radius 1 is 1.33 bits per heavy atom. The van der Waals surface area contributed by atoms with Crippen molar-refractivity contribution in [2.24, 2.45) is 0 Å². The summed E-state index contributed by atoms with van der Waals surface area (Å²) in [5.74, 6) is 0.900. The predicted octanol–water partition coefficient (Wildman–Crippen LogP) is 2.86. The van der Waals surface area contributed by atoms with Crippen molar-refractivity contribution < 1.29 is 14.6 Å². The Morgan fingerprint density at radius 2 is 2.21 bits per heavy atom. The molecule has 0 spiro atoms. The lowest BCUT2D eigenvalue weighted by Gasteiger charge is -2.08. The quantitative estimate of drug-likeness (QED) is 0.721. The summed E-state index contributed by atoms with van der Waals surface area (Å²) in [4.78, 5) is 13.5. The number of hydrogen-bond donors (Lipinski definition) is 2. The van der Waals surface area contributed by atoms with Crippen LogP contribution >= 0.6 is 11.3 Å². The minimum Gasteiger partial charge on any atom is -0.497 e. The molecule has 0 fully saturated rings. The van der Waals surface area contributed by atoms with E-state index in [1.807, 2.05) is 17.5 Å². The molecule has 0 unspecified atom stereocenters. The summed E-state index contributed by atoms with van der Waals surface area (Å²) in [6.45, 7) is 0.243. The van der Waals surface area contributed by atoms with Crippen LogP contribution in [0.4, 0.5) is 5.82 Å². The highest BCUT2D eigenvalue weighted by atomic mass is 32.1. The molecule has 7 heteroatoms. The van der Waals surface area contributed by atoms with Crippen molar-refractivity contribution >= 4 is 23.1 Å². The van der Waals surface area contributed by atoms with Gasteiger partial charge in [-0.2, -0.15) is 5.10 Å². The molecule has 0 saturated carbocycles. The minimum atomic E-state index is -0.259. The first-order chi connectivity index (χ1) is 11.7. The van der Waals surface area contributed by atoms with Crippen LogP contribution in [-0.2, 0) is 6.54 Å². The molecule has 124 valence electrons. The molecule has 2 N–H and O–H groups in total. The fourth-order valence-corrected chi connectivity index (χ4v) is 2.96. The molecule has 0 radical (unpaired) electrons. The molecule has 0 saturated heterocycles. The molecular weight excluding hydrogens is 326 g/mol. The molecule has 6 nitrogen and oxygen atoms in total. The van der Waals surface area contributed by atoms with Gasteiger partial charge >= 0.3 is 0 Å². The van der Waals surface area contributed by atoms with Crippen molar-refractivity contribution in [3.63, 3.8) is 0 Å². The van der Waals surface area contributed by atoms with Gasteiger partial charge in [-0.15, -0.1) is 11.3 Å². The largest absolute Gasteiger partial charge is 0.497 e. The van der Waals surface area contributed by atoms with Crippen molar-refractivity contribution in [2.75, 3.05) is 19.0 Å². The molecular formula is C17H17N3O3S. The molecule has 0 bridgehead atoms. The fourth-order valence-electron chi connectivity index (χ4n) is 2.28. The Kier molecular flexibility index (Phi) is 4.93. The Labute approximate surface area is 143 Å². The van der Waals surface area contributed by atoms with Gasteiger partial charge < -0.3 is 15.2 Å². The Hall–Kier alpha value is -2.64. The lowest BCUT2D eigenvalue weighted by molar-refractivity contribution is 0.102. The number of aliphatic hydroxyl groups excluding tert-OH is 1. The van der Waals surface area contributed by atoms with E-state index < -0.39 is 0 Å². The van der Waals surface area contributed by atoms with E-state index in [4.69, 9.17) is 4.74 Å². The van der Waals surface area contributed by atoms with Gasteiger partial charge in [-0.25, -0.2) is 4.68 Å². The van der Waals surface area contributed by atoms with E-state index in [2.05, 4.69) is 10.4 Å². The maximum Gasteiger partial charge on any atom is 0.256 e. The van der Waals surface area contributed by atoms with E-state index >= 15 is 0 Å². The molecule has 24 heavy (non-hydrogen) atoms. The van der Waals surface area contributed by atoms with Gasteiger partial charge in [0.2, 0.25) is 0 Å². The van der Waals surface area contributed by atoms with E-state index in [0.717, 1.165) is 10.6 Å². The van der Waals surface area contributed by atoms with E-state index in [1.165, 1.54) is 0 Å². The number of nitrogens with one attached hydrogen (secondary N) is 1. The van der Waals surface area contributed by atoms with Crippen LogP contribution in [0.1, 0.15) is 10.4 Å². The van der Waals surface area contributed by atoms with Crippen LogP contribution in [0.25, 0.3) is 10.6 Å². The van der Waals surface area contributed by atoms with Crippen LogP contribution in [0.5, 0.6) is 5.75 Å². The maximum absolute atomic E-state index is 12.5. The van der Waals surface area contributed by atoms with Crippen molar-refractivity contribution in [3.8, 4) is 16.3 Å². The first-order valence-electron chi connectivity index (χ1n) is 7.39. The van der Waals surface area contributed by atoms with Crippen molar-refractivity contribution in [1.29, 1.82) is 0 Å². The zero-order valence-corrected chi connectivity index (χ0v) is 13.9. The molecule has 0 atom stereocenters. The lowest BCUT2D eigenvalue weighted by atomic mass is 10.2. The average molecular weight is 343 g/mol. The molecule has 0 aliphatic rings. The van der Waals surface area contributed by atoms with E-state index in [-0.39, 0.29) is 12.5 Å². The van der Waals surface area contributed by atoms with Gasteiger partial charge in [0.25, 0.3) is 5.91 Å². The van der Waals surface area contributed by atoms with Gasteiger partial charge in [0.1, 0.15) is 17.3 Å². The second-order valence-electron chi connectivity index (χ2n) is 5.02. The topological polar surface area (TPSA) is 76.4 Å². The number of aliphatic hydroxyl groups is 1. The number of amides is 1. The van der Waals surface area contributed by atoms with E-state index in [9.17, 15) is 9.90 Å². The number of hydrogen-bond acceptors (Lipinski definition) is 5. The molecule has 2 heterocycles. The Bertz CT molecular complexity index is 827. The van der Waals surface area contributed by atoms with E-state index in [1.54, 1.807) is 53.5 Å². The number of thiophene rings is 1. The van der Waals surface area contributed by atoms with Crippen LogP contribution in [0.2, 0.25) is 0 Å². The number of methoxy groups -OCH3 is 1. The highest BCUT2D eigenvalue weighted by Gasteiger charge is 2.14. The number of aromatic nitrogens is 2. The van der Waals surface area contributed by atoms with Gasteiger partial charge in [-0.3, -0.25) is 4.79 Å². The zero-order chi connectivity index (χ0) is 16.9. The smallest absolute Gasteiger partial charge is 0.256 e. The predicted molar refractivity (Wildman–Crippen MR) is 93.6 cm³/mol. The van der Waals surface area contributed by atoms with Crippen LogP contribution in [0.15, 0.2) is 47.8 Å². The molecule has 1 aromatic carbocycles. The first-order valence-corrected chi connectivity index (χ1v) is 8.27. The van der Waals surface area contributed by atoms with Gasteiger partial charge in [-0.1, -0.05) is 12.1 Å². The van der Waals surface area contributed by atoms with Crippen LogP contribution in [0, 0.1) is 0 Å². The molecule has 2 aromatic heterocycles. The summed E-state index contributed by atoms with van der Waals surface area (Å²) in [6, 6.07) is 12.6. The number of benzene rings is 1. The second kappa shape index (κ2) is 7.29. The highest BCUT2D eigenvalue weighted by molar-refractivity contribution is 7.13. The van der Waals surface area contributed by atoms with Gasteiger partial charge in [0.05, 0.1) is 25.1 Å². The molecule has 0 aliphatic carbocycles. The Balaban J connectivity index is 1.86. The summed E-state index contributed by atoms with van der Waals surface area (Å²) in [7, 11) is 1.56. The highest BCUT2D eigenvalue weighted by Crippen LogP contribution is 2.26. The van der Waals surface area contributed by atoms with Crippen LogP contribution in [0.3, 0.4) is 0 Å². The third-order valence-electron chi connectivity index (χ3n) is 3.44. The number of rotatable bonds is 6. The third kappa shape index (κ3) is 3.47. The maximum atomic E-state index is 12.5. The molecule has 3 aromatic rings. The number of carbonyl (C=O) groups excluding carboxylic acids is 1. The summed E-state index contributed by atoms with van der Waals surface area (Å²) in [5.41, 5.74) is 1.25. The van der Waals surface area contributed by atoms with Crippen molar-refractivity contribution in [3.05, 3.63) is 53.4 Å². The van der Waals surface area contributed by atoms with E-state index in [0.29, 0.717) is 23.7 Å². The summed E-state index contributed by atoms with van der Waals surface area (Å²) < 4.78 is 6.73. The normalized spacial score (nSPS) is 10.6. The first kappa shape index (κ1) is 16.2. The Morgan fingerprint density at radius 3 is 2.92 bits per heavy atom. The number of carbonyl (C=O) groups is 1.